The molecule has 2 heterocycles. The second kappa shape index (κ2) is 8.40. The summed E-state index contributed by atoms with van der Waals surface area (Å²) >= 11 is 0. The number of aliphatic hydroxyl groups excluding tert-OH is 1. The fraction of sp³-hybridized carbons (Fsp3) is 0.619. The Hall–Kier alpha value is -1.92. The number of esters is 2. The van der Waals surface area contributed by atoms with Crippen molar-refractivity contribution in [3.63, 3.8) is 0 Å². The summed E-state index contributed by atoms with van der Waals surface area (Å²) in [6.45, 7) is 2.34. The number of hydrogen-bond donors (Lipinski definition) is 1. The minimum Gasteiger partial charge on any atom is -0.462 e. The van der Waals surface area contributed by atoms with E-state index in [2.05, 4.69) is 7.05 Å². The van der Waals surface area contributed by atoms with Crippen LogP contribution in [0.3, 0.4) is 0 Å². The summed E-state index contributed by atoms with van der Waals surface area (Å²) in [5, 5.41) is 9.67. The second-order valence-electron chi connectivity index (χ2n) is 7.87. The fourth-order valence-electron chi connectivity index (χ4n) is 4.78. The van der Waals surface area contributed by atoms with E-state index in [0.29, 0.717) is 29.7 Å². The Morgan fingerprint density at radius 3 is 2.37 bits per heavy atom. The molecular formula is C21H30NO5+. The van der Waals surface area contributed by atoms with Gasteiger partial charge in [-0.2, -0.15) is 0 Å². The van der Waals surface area contributed by atoms with Gasteiger partial charge in [0.25, 0.3) is 0 Å². The van der Waals surface area contributed by atoms with Crippen molar-refractivity contribution in [2.24, 2.45) is 0 Å². The molecule has 2 aliphatic rings. The number of nitrogens with zero attached hydrogens (tertiary/aromatic N) is 1. The highest BCUT2D eigenvalue weighted by molar-refractivity contribution is 5.78. The summed E-state index contributed by atoms with van der Waals surface area (Å²) in [4.78, 5) is 24.7. The molecular weight excluding hydrogens is 346 g/mol. The lowest BCUT2D eigenvalue weighted by molar-refractivity contribution is -0.942. The number of benzene rings is 1. The van der Waals surface area contributed by atoms with E-state index < -0.39 is 5.92 Å². The van der Waals surface area contributed by atoms with Gasteiger partial charge in [0.05, 0.1) is 32.3 Å². The molecule has 0 aliphatic carbocycles. The van der Waals surface area contributed by atoms with Crippen LogP contribution in [0.15, 0.2) is 30.3 Å². The first kappa shape index (κ1) is 19.8. The van der Waals surface area contributed by atoms with Crippen LogP contribution in [0.2, 0.25) is 0 Å². The summed E-state index contributed by atoms with van der Waals surface area (Å²) in [6, 6.07) is 9.85. The van der Waals surface area contributed by atoms with Gasteiger partial charge < -0.3 is 19.1 Å². The molecule has 3 unspecified atom stereocenters. The number of piperidine rings is 1. The largest absolute Gasteiger partial charge is 0.462 e. The van der Waals surface area contributed by atoms with E-state index in [4.69, 9.17) is 9.47 Å². The highest BCUT2D eigenvalue weighted by Crippen LogP contribution is 2.42. The summed E-state index contributed by atoms with van der Waals surface area (Å²) in [5.41, 5.74) is 0.770. The van der Waals surface area contributed by atoms with E-state index in [1.807, 2.05) is 37.3 Å². The highest BCUT2D eigenvalue weighted by Gasteiger charge is 2.53. The average molecular weight is 376 g/mol. The number of likely N-dealkylation sites (N-methyl/N-ethyl adjacent to an activating group) is 1. The first-order valence-electron chi connectivity index (χ1n) is 9.84. The molecule has 3 rings (SSSR count). The van der Waals surface area contributed by atoms with Crippen LogP contribution < -0.4 is 0 Å². The molecule has 0 saturated carbocycles. The van der Waals surface area contributed by atoms with Crippen molar-refractivity contribution in [3.05, 3.63) is 35.9 Å². The van der Waals surface area contributed by atoms with Crippen molar-refractivity contribution >= 4 is 11.9 Å². The molecule has 1 aromatic rings. The Bertz CT molecular complexity index is 648. The minimum absolute atomic E-state index is 0.152. The zero-order valence-corrected chi connectivity index (χ0v) is 16.2. The van der Waals surface area contributed by atoms with Crippen molar-refractivity contribution < 1.29 is 28.7 Å². The van der Waals surface area contributed by atoms with E-state index in [1.165, 1.54) is 0 Å². The van der Waals surface area contributed by atoms with Gasteiger partial charge in [-0.1, -0.05) is 30.3 Å². The molecule has 148 valence electrons. The maximum absolute atomic E-state index is 12.6. The number of hydrogen-bond acceptors (Lipinski definition) is 5. The van der Waals surface area contributed by atoms with Gasteiger partial charge >= 0.3 is 11.9 Å². The molecule has 0 radical (unpaired) electrons. The number of fused-ring (bicyclic) bond motifs is 2. The van der Waals surface area contributed by atoms with Gasteiger partial charge in [-0.15, -0.1) is 0 Å². The number of carbonyl (C=O) groups excluding carboxylic acids is 2. The van der Waals surface area contributed by atoms with Crippen molar-refractivity contribution in [2.75, 3.05) is 26.8 Å². The van der Waals surface area contributed by atoms with Crippen molar-refractivity contribution in [1.82, 2.24) is 0 Å². The van der Waals surface area contributed by atoms with E-state index in [9.17, 15) is 14.7 Å². The SMILES string of the molecule is CCOC(=O)C[N+]1(C)C2CCC1CC(OC(=O)C(CO)c1ccccc1)C2. The third-order valence-corrected chi connectivity index (χ3v) is 6.30. The monoisotopic (exact) mass is 376 g/mol. The second-order valence-corrected chi connectivity index (χ2v) is 7.87. The zero-order chi connectivity index (χ0) is 19.4. The van der Waals surface area contributed by atoms with E-state index in [-0.39, 0.29) is 24.6 Å². The van der Waals surface area contributed by atoms with Gasteiger partial charge in [0.1, 0.15) is 12.0 Å². The molecule has 0 aromatic heterocycles. The van der Waals surface area contributed by atoms with Crippen LogP contribution in [0.5, 0.6) is 0 Å². The fourth-order valence-corrected chi connectivity index (χ4v) is 4.78. The first-order chi connectivity index (χ1) is 13.0. The molecule has 2 fully saturated rings. The highest BCUT2D eigenvalue weighted by atomic mass is 16.5. The topological polar surface area (TPSA) is 72.8 Å². The maximum atomic E-state index is 12.6. The molecule has 0 amide bonds. The van der Waals surface area contributed by atoms with Crippen LogP contribution in [-0.2, 0) is 19.1 Å². The minimum atomic E-state index is -0.647. The normalized spacial score (nSPS) is 30.6. The molecule has 2 saturated heterocycles. The molecule has 1 N–H and O–H groups in total. The summed E-state index contributed by atoms with van der Waals surface area (Å²) < 4.78 is 11.6. The summed E-state index contributed by atoms with van der Waals surface area (Å²) in [7, 11) is 2.12. The van der Waals surface area contributed by atoms with E-state index in [1.54, 1.807) is 0 Å². The molecule has 2 bridgehead atoms. The van der Waals surface area contributed by atoms with Gasteiger partial charge in [-0.25, -0.2) is 4.79 Å². The third-order valence-electron chi connectivity index (χ3n) is 6.30. The number of ether oxygens (including phenoxy) is 2. The Kier molecular flexibility index (Phi) is 6.17. The molecule has 27 heavy (non-hydrogen) atoms. The molecule has 1 aromatic carbocycles. The predicted octanol–water partition coefficient (Wildman–Crippen LogP) is 2.01. The summed E-state index contributed by atoms with van der Waals surface area (Å²) in [6.07, 6.45) is 3.44. The average Bonchev–Trinajstić information content (AvgIpc) is 2.81. The Labute approximate surface area is 160 Å². The van der Waals surface area contributed by atoms with Gasteiger partial charge in [0, 0.05) is 25.7 Å². The molecule has 2 aliphatic heterocycles. The van der Waals surface area contributed by atoms with E-state index in [0.717, 1.165) is 31.2 Å². The zero-order valence-electron chi connectivity index (χ0n) is 16.2. The lowest BCUT2D eigenvalue weighted by Crippen LogP contribution is -2.61. The standard InChI is InChI=1S/C21H30NO5/c1-3-26-20(24)13-22(2)16-9-10-17(22)12-18(11-16)27-21(25)19(14-23)15-7-5-4-6-8-15/h4-8,16-19,23H,3,9-14H2,1-2H3/q+1. The van der Waals surface area contributed by atoms with Crippen LogP contribution in [0, 0.1) is 0 Å². The van der Waals surface area contributed by atoms with E-state index >= 15 is 0 Å². The van der Waals surface area contributed by atoms with Gasteiger partial charge in [-0.05, 0) is 12.5 Å². The Balaban J connectivity index is 1.63. The number of quaternary nitrogens is 1. The Morgan fingerprint density at radius 1 is 1.19 bits per heavy atom. The lowest BCUT2D eigenvalue weighted by Gasteiger charge is -2.46. The molecule has 6 heteroatoms. The number of rotatable bonds is 7. The van der Waals surface area contributed by atoms with Crippen molar-refractivity contribution in [2.45, 2.75) is 56.7 Å². The smallest absolute Gasteiger partial charge is 0.361 e. The van der Waals surface area contributed by atoms with Crippen LogP contribution >= 0.6 is 0 Å². The first-order valence-corrected chi connectivity index (χ1v) is 9.84. The van der Waals surface area contributed by atoms with Crippen LogP contribution in [0.1, 0.15) is 44.1 Å². The maximum Gasteiger partial charge on any atom is 0.361 e. The quantitative estimate of drug-likeness (QED) is 0.582. The van der Waals surface area contributed by atoms with Gasteiger partial charge in [0.2, 0.25) is 0 Å². The van der Waals surface area contributed by atoms with Crippen LogP contribution in [0.4, 0.5) is 0 Å². The lowest BCUT2D eigenvalue weighted by atomic mass is 9.95. The Morgan fingerprint density at radius 2 is 1.81 bits per heavy atom. The van der Waals surface area contributed by atoms with Gasteiger partial charge in [-0.3, -0.25) is 4.79 Å². The number of aliphatic hydroxyl groups is 1. The number of carbonyl (C=O) groups is 2. The molecule has 0 spiro atoms. The van der Waals surface area contributed by atoms with Crippen LogP contribution in [0.25, 0.3) is 0 Å². The molecule has 3 atom stereocenters. The van der Waals surface area contributed by atoms with Crippen molar-refractivity contribution in [1.29, 1.82) is 0 Å². The van der Waals surface area contributed by atoms with Crippen molar-refractivity contribution in [3.8, 4) is 0 Å². The predicted molar refractivity (Wildman–Crippen MR) is 99.9 cm³/mol. The third kappa shape index (κ3) is 4.17. The van der Waals surface area contributed by atoms with Gasteiger partial charge in [0.15, 0.2) is 6.54 Å². The summed E-state index contributed by atoms with van der Waals surface area (Å²) in [5.74, 6) is -1.17. The van der Waals surface area contributed by atoms with Crippen LogP contribution in [-0.4, -0.2) is 66.5 Å². The molecule has 6 nitrogen and oxygen atoms in total.